The van der Waals surface area contributed by atoms with Crippen molar-refractivity contribution in [2.75, 3.05) is 17.7 Å². The molecule has 3 heterocycles. The van der Waals surface area contributed by atoms with Crippen LogP contribution in [-0.4, -0.2) is 40.8 Å². The summed E-state index contributed by atoms with van der Waals surface area (Å²) in [6, 6.07) is 18.5. The molecule has 1 aliphatic rings. The Balaban J connectivity index is 1.33. The Hall–Kier alpha value is -3.65. The SMILES string of the molecule is CN1C(=O)[C@@H](NC(=O)c2cc(Cc3ccccc3)on2)CSc2ccc3ncccc3c21. The lowest BCUT2D eigenvalue weighted by Gasteiger charge is -2.22. The second kappa shape index (κ2) is 8.47. The molecule has 1 N–H and O–H groups in total. The van der Waals surface area contributed by atoms with Crippen molar-refractivity contribution in [2.24, 2.45) is 0 Å². The average molecular weight is 445 g/mol. The number of anilines is 1. The highest BCUT2D eigenvalue weighted by Gasteiger charge is 2.31. The van der Waals surface area contributed by atoms with Crippen molar-refractivity contribution in [3.63, 3.8) is 0 Å². The molecule has 5 rings (SSSR count). The highest BCUT2D eigenvalue weighted by atomic mass is 32.2. The number of hydrogen-bond acceptors (Lipinski definition) is 6. The van der Waals surface area contributed by atoms with Crippen LogP contribution in [0.2, 0.25) is 0 Å². The number of thioether (sulfide) groups is 1. The highest BCUT2D eigenvalue weighted by Crippen LogP contribution is 2.38. The molecule has 1 aliphatic heterocycles. The largest absolute Gasteiger partial charge is 0.360 e. The fourth-order valence-corrected chi connectivity index (χ4v) is 4.92. The Morgan fingerprint density at radius 2 is 2.03 bits per heavy atom. The molecule has 8 heteroatoms. The molecule has 0 unspecified atom stereocenters. The van der Waals surface area contributed by atoms with Crippen LogP contribution in [0.3, 0.4) is 0 Å². The van der Waals surface area contributed by atoms with Gasteiger partial charge in [0, 0.05) is 41.8 Å². The maximum absolute atomic E-state index is 13.2. The van der Waals surface area contributed by atoms with Crippen molar-refractivity contribution in [3.8, 4) is 0 Å². The minimum atomic E-state index is -0.689. The minimum Gasteiger partial charge on any atom is -0.360 e. The highest BCUT2D eigenvalue weighted by molar-refractivity contribution is 7.99. The van der Waals surface area contributed by atoms with Gasteiger partial charge in [-0.15, -0.1) is 11.8 Å². The summed E-state index contributed by atoms with van der Waals surface area (Å²) >= 11 is 1.54. The van der Waals surface area contributed by atoms with E-state index in [1.807, 2.05) is 54.6 Å². The van der Waals surface area contributed by atoms with E-state index in [0.717, 1.165) is 27.0 Å². The number of nitrogens with zero attached hydrogens (tertiary/aromatic N) is 3. The average Bonchev–Trinajstić information content (AvgIpc) is 3.25. The number of carbonyl (C=O) groups excluding carboxylic acids is 2. The lowest BCUT2D eigenvalue weighted by Crippen LogP contribution is -2.48. The summed E-state index contributed by atoms with van der Waals surface area (Å²) in [5.74, 6) is 0.390. The Labute approximate surface area is 188 Å². The maximum Gasteiger partial charge on any atom is 0.274 e. The number of carbonyl (C=O) groups is 2. The van der Waals surface area contributed by atoms with E-state index in [1.165, 1.54) is 11.8 Å². The van der Waals surface area contributed by atoms with Crippen molar-refractivity contribution in [3.05, 3.63) is 83.9 Å². The second-order valence-electron chi connectivity index (χ2n) is 7.56. The molecular weight excluding hydrogens is 424 g/mol. The van der Waals surface area contributed by atoms with Gasteiger partial charge >= 0.3 is 0 Å². The van der Waals surface area contributed by atoms with Gasteiger partial charge in [0.05, 0.1) is 11.2 Å². The van der Waals surface area contributed by atoms with E-state index >= 15 is 0 Å². The minimum absolute atomic E-state index is 0.160. The molecule has 1 atom stereocenters. The van der Waals surface area contributed by atoms with Crippen LogP contribution in [0, 0.1) is 0 Å². The van der Waals surface area contributed by atoms with E-state index in [1.54, 1.807) is 24.2 Å². The lowest BCUT2D eigenvalue weighted by molar-refractivity contribution is -0.119. The molecule has 0 radical (unpaired) electrons. The van der Waals surface area contributed by atoms with Crippen LogP contribution >= 0.6 is 11.8 Å². The first-order valence-corrected chi connectivity index (χ1v) is 11.2. The molecule has 160 valence electrons. The quantitative estimate of drug-likeness (QED) is 0.517. The molecule has 0 saturated carbocycles. The number of fused-ring (bicyclic) bond motifs is 3. The number of benzene rings is 2. The number of likely N-dealkylation sites (N-methyl/N-ethyl adjacent to an activating group) is 1. The number of hydrogen-bond donors (Lipinski definition) is 1. The van der Waals surface area contributed by atoms with Crippen molar-refractivity contribution in [1.82, 2.24) is 15.5 Å². The van der Waals surface area contributed by atoms with Gasteiger partial charge in [0.15, 0.2) is 5.69 Å². The van der Waals surface area contributed by atoms with Crippen LogP contribution < -0.4 is 10.2 Å². The molecule has 2 aromatic carbocycles. The van der Waals surface area contributed by atoms with Gasteiger partial charge in [0.1, 0.15) is 11.8 Å². The summed E-state index contributed by atoms with van der Waals surface area (Å²) in [6.45, 7) is 0. The van der Waals surface area contributed by atoms with Crippen molar-refractivity contribution in [1.29, 1.82) is 0 Å². The Morgan fingerprint density at radius 1 is 1.19 bits per heavy atom. The van der Waals surface area contributed by atoms with Gasteiger partial charge in [-0.25, -0.2) is 0 Å². The van der Waals surface area contributed by atoms with E-state index in [2.05, 4.69) is 15.5 Å². The summed E-state index contributed by atoms with van der Waals surface area (Å²) in [7, 11) is 1.73. The van der Waals surface area contributed by atoms with Crippen LogP contribution in [0.25, 0.3) is 10.9 Å². The van der Waals surface area contributed by atoms with Gasteiger partial charge in [-0.3, -0.25) is 14.6 Å². The molecule has 0 saturated heterocycles. The topological polar surface area (TPSA) is 88.3 Å². The molecule has 32 heavy (non-hydrogen) atoms. The van der Waals surface area contributed by atoms with Crippen molar-refractivity contribution < 1.29 is 14.1 Å². The van der Waals surface area contributed by atoms with Gasteiger partial charge in [0.25, 0.3) is 5.91 Å². The number of amides is 2. The van der Waals surface area contributed by atoms with Crippen LogP contribution in [-0.2, 0) is 11.2 Å². The third-order valence-electron chi connectivity index (χ3n) is 5.41. The number of aromatic nitrogens is 2. The Kier molecular flexibility index (Phi) is 5.36. The fourth-order valence-electron chi connectivity index (χ4n) is 3.80. The Morgan fingerprint density at radius 3 is 2.88 bits per heavy atom. The zero-order valence-electron chi connectivity index (χ0n) is 17.3. The predicted octanol–water partition coefficient (Wildman–Crippen LogP) is 3.68. The molecule has 0 spiro atoms. The zero-order valence-corrected chi connectivity index (χ0v) is 18.1. The standard InChI is InChI=1S/C24H20N4O3S/c1-28-22-17-8-5-11-25-18(17)9-10-21(22)32-14-20(24(28)30)26-23(29)19-13-16(31-27-19)12-15-6-3-2-4-7-15/h2-11,13,20H,12,14H2,1H3,(H,26,29)/t20-/m0/s1. The van der Waals surface area contributed by atoms with Gasteiger partial charge in [-0.2, -0.15) is 0 Å². The molecule has 0 bridgehead atoms. The summed E-state index contributed by atoms with van der Waals surface area (Å²) in [5, 5.41) is 7.63. The van der Waals surface area contributed by atoms with Gasteiger partial charge in [-0.05, 0) is 29.8 Å². The number of nitrogens with one attached hydrogen (secondary N) is 1. The van der Waals surface area contributed by atoms with Crippen molar-refractivity contribution >= 4 is 40.2 Å². The van der Waals surface area contributed by atoms with Gasteiger partial charge < -0.3 is 14.7 Å². The van der Waals surface area contributed by atoms with Crippen LogP contribution in [0.1, 0.15) is 21.8 Å². The first-order valence-electron chi connectivity index (χ1n) is 10.2. The van der Waals surface area contributed by atoms with Crippen LogP contribution in [0.5, 0.6) is 0 Å². The summed E-state index contributed by atoms with van der Waals surface area (Å²) in [6.07, 6.45) is 2.27. The van der Waals surface area contributed by atoms with Crippen LogP contribution in [0.15, 0.2) is 76.3 Å². The van der Waals surface area contributed by atoms with E-state index < -0.39 is 11.9 Å². The first kappa shape index (κ1) is 20.3. The molecular formula is C24H20N4O3S. The van der Waals surface area contributed by atoms with Gasteiger partial charge in [0.2, 0.25) is 5.91 Å². The summed E-state index contributed by atoms with van der Waals surface area (Å²) < 4.78 is 5.33. The number of pyridine rings is 1. The molecule has 7 nitrogen and oxygen atoms in total. The predicted molar refractivity (Wildman–Crippen MR) is 123 cm³/mol. The molecule has 0 fully saturated rings. The molecule has 4 aromatic rings. The first-order chi connectivity index (χ1) is 15.6. The molecule has 0 aliphatic carbocycles. The third-order valence-corrected chi connectivity index (χ3v) is 6.55. The molecule has 2 aromatic heterocycles. The fraction of sp³-hybridized carbons (Fsp3) is 0.167. The maximum atomic E-state index is 13.2. The number of rotatable bonds is 4. The summed E-state index contributed by atoms with van der Waals surface area (Å²) in [4.78, 5) is 33.0. The van der Waals surface area contributed by atoms with Crippen LogP contribution in [0.4, 0.5) is 5.69 Å². The second-order valence-corrected chi connectivity index (χ2v) is 8.62. The van der Waals surface area contributed by atoms with E-state index in [0.29, 0.717) is 17.9 Å². The Bertz CT molecular complexity index is 1310. The molecule has 2 amide bonds. The van der Waals surface area contributed by atoms with Crippen molar-refractivity contribution in [2.45, 2.75) is 17.4 Å². The third kappa shape index (κ3) is 3.85. The zero-order chi connectivity index (χ0) is 22.1. The summed E-state index contributed by atoms with van der Waals surface area (Å²) in [5.41, 5.74) is 2.86. The smallest absolute Gasteiger partial charge is 0.274 e. The van der Waals surface area contributed by atoms with Gasteiger partial charge in [-0.1, -0.05) is 35.5 Å². The normalized spacial score (nSPS) is 16.0. The lowest BCUT2D eigenvalue weighted by atomic mass is 10.1. The van der Waals surface area contributed by atoms with E-state index in [-0.39, 0.29) is 11.6 Å². The van der Waals surface area contributed by atoms with E-state index in [9.17, 15) is 9.59 Å². The monoisotopic (exact) mass is 444 g/mol. The van der Waals surface area contributed by atoms with E-state index in [4.69, 9.17) is 4.52 Å².